The predicted octanol–water partition coefficient (Wildman–Crippen LogP) is 2.78. The molecule has 7 heteroatoms. The number of nitrogens with one attached hydrogen (secondary N) is 1. The average molecular weight is 351 g/mol. The third-order valence-corrected chi connectivity index (χ3v) is 3.43. The van der Waals surface area contributed by atoms with Gasteiger partial charge in [0.05, 0.1) is 13.2 Å². The lowest BCUT2D eigenvalue weighted by atomic mass is 10.1. The minimum Gasteiger partial charge on any atom is -0.481 e. The first-order valence-corrected chi connectivity index (χ1v) is 8.29. The minimum atomic E-state index is -0.804. The van der Waals surface area contributed by atoms with Gasteiger partial charge in [-0.1, -0.05) is 30.7 Å². The van der Waals surface area contributed by atoms with Crippen LogP contribution in [0.2, 0.25) is 0 Å². The van der Waals surface area contributed by atoms with Crippen LogP contribution < -0.4 is 5.32 Å². The number of hydrogen-bond donors (Lipinski definition) is 2. The summed E-state index contributed by atoms with van der Waals surface area (Å²) in [6.45, 7) is 2.79. The predicted molar refractivity (Wildman–Crippen MR) is 91.6 cm³/mol. The van der Waals surface area contributed by atoms with Gasteiger partial charge in [0, 0.05) is 18.5 Å². The van der Waals surface area contributed by atoms with E-state index in [1.807, 2.05) is 12.1 Å². The van der Waals surface area contributed by atoms with E-state index >= 15 is 0 Å². The molecule has 0 saturated heterocycles. The van der Waals surface area contributed by atoms with Crippen molar-refractivity contribution in [2.75, 3.05) is 19.8 Å². The molecule has 0 radical (unpaired) electrons. The highest BCUT2D eigenvalue weighted by Crippen LogP contribution is 2.06. The van der Waals surface area contributed by atoms with Gasteiger partial charge in [0.15, 0.2) is 5.78 Å². The largest absolute Gasteiger partial charge is 0.481 e. The van der Waals surface area contributed by atoms with E-state index in [0.717, 1.165) is 18.4 Å². The second-order valence-electron chi connectivity index (χ2n) is 5.57. The summed E-state index contributed by atoms with van der Waals surface area (Å²) >= 11 is 0. The van der Waals surface area contributed by atoms with Crippen molar-refractivity contribution in [3.8, 4) is 0 Å². The van der Waals surface area contributed by atoms with Crippen LogP contribution in [0.5, 0.6) is 0 Å². The number of aliphatic carboxylic acids is 1. The molecule has 0 atom stereocenters. The number of carbonyl (C=O) groups is 3. The van der Waals surface area contributed by atoms with Crippen LogP contribution in [0.3, 0.4) is 0 Å². The lowest BCUT2D eigenvalue weighted by Crippen LogP contribution is -2.26. The number of unbranched alkanes of at least 4 members (excludes halogenated alkanes) is 2. The third kappa shape index (κ3) is 10.1. The Morgan fingerprint density at radius 3 is 2.40 bits per heavy atom. The smallest absolute Gasteiger partial charge is 0.407 e. The van der Waals surface area contributed by atoms with E-state index < -0.39 is 12.1 Å². The standard InChI is InChI=1S/C18H25NO6/c1-14(20)16-8-6-15(7-9-16)13-24-11-12-25-18(23)19-10-4-2-3-5-17(21)22/h6-9H,2-5,10-13H2,1H3,(H,19,23)(H,21,22). The Hall–Kier alpha value is -2.41. The summed E-state index contributed by atoms with van der Waals surface area (Å²) in [5.41, 5.74) is 1.60. The Morgan fingerprint density at radius 2 is 1.76 bits per heavy atom. The fourth-order valence-corrected chi connectivity index (χ4v) is 2.04. The molecular weight excluding hydrogens is 326 g/mol. The van der Waals surface area contributed by atoms with E-state index in [0.29, 0.717) is 25.1 Å². The number of carboxylic acid groups (broad SMARTS) is 1. The van der Waals surface area contributed by atoms with E-state index in [9.17, 15) is 14.4 Å². The molecule has 0 aliphatic rings. The maximum absolute atomic E-state index is 11.4. The minimum absolute atomic E-state index is 0.0220. The SMILES string of the molecule is CC(=O)c1ccc(COCCOC(=O)NCCCCCC(=O)O)cc1. The molecule has 0 aromatic heterocycles. The maximum Gasteiger partial charge on any atom is 0.407 e. The number of ether oxygens (including phenoxy) is 2. The highest BCUT2D eigenvalue weighted by atomic mass is 16.6. The molecule has 0 saturated carbocycles. The molecule has 0 heterocycles. The normalized spacial score (nSPS) is 10.3. The van der Waals surface area contributed by atoms with Crippen molar-refractivity contribution < 1.29 is 29.0 Å². The van der Waals surface area contributed by atoms with Crippen LogP contribution in [0.4, 0.5) is 4.79 Å². The van der Waals surface area contributed by atoms with Gasteiger partial charge in [0.1, 0.15) is 6.61 Å². The maximum atomic E-state index is 11.4. The number of carbonyl (C=O) groups excluding carboxylic acids is 2. The molecule has 2 N–H and O–H groups in total. The molecule has 0 aliphatic heterocycles. The van der Waals surface area contributed by atoms with Crippen molar-refractivity contribution in [1.29, 1.82) is 0 Å². The third-order valence-electron chi connectivity index (χ3n) is 3.43. The summed E-state index contributed by atoms with van der Waals surface area (Å²) in [7, 11) is 0. The van der Waals surface area contributed by atoms with Crippen molar-refractivity contribution in [2.45, 2.75) is 39.2 Å². The Labute approximate surface area is 147 Å². The van der Waals surface area contributed by atoms with Gasteiger partial charge in [-0.15, -0.1) is 0 Å². The van der Waals surface area contributed by atoms with Gasteiger partial charge in [-0.2, -0.15) is 0 Å². The van der Waals surface area contributed by atoms with E-state index in [-0.39, 0.29) is 25.4 Å². The van der Waals surface area contributed by atoms with Crippen LogP contribution in [0.1, 0.15) is 48.5 Å². The monoisotopic (exact) mass is 351 g/mol. The van der Waals surface area contributed by atoms with Crippen LogP contribution in [0, 0.1) is 0 Å². The molecule has 1 aromatic rings. The molecule has 0 unspecified atom stereocenters. The van der Waals surface area contributed by atoms with E-state index in [4.69, 9.17) is 14.6 Å². The Balaban J connectivity index is 2.00. The quantitative estimate of drug-likeness (QED) is 0.443. The van der Waals surface area contributed by atoms with Crippen LogP contribution >= 0.6 is 0 Å². The van der Waals surface area contributed by atoms with Gasteiger partial charge in [-0.25, -0.2) is 4.79 Å². The second-order valence-corrected chi connectivity index (χ2v) is 5.57. The topological polar surface area (TPSA) is 102 Å². The zero-order valence-corrected chi connectivity index (χ0v) is 14.5. The van der Waals surface area contributed by atoms with Crippen molar-refractivity contribution in [1.82, 2.24) is 5.32 Å². The Kier molecular flexibility index (Phi) is 9.92. The number of Topliss-reactive ketones (excluding diaryl/α,β-unsaturated/α-hetero) is 1. The molecule has 0 spiro atoms. The number of amides is 1. The van der Waals surface area contributed by atoms with Crippen molar-refractivity contribution in [3.05, 3.63) is 35.4 Å². The molecule has 7 nitrogen and oxygen atoms in total. The van der Waals surface area contributed by atoms with Crippen LogP contribution in [-0.4, -0.2) is 42.7 Å². The summed E-state index contributed by atoms with van der Waals surface area (Å²) < 4.78 is 10.4. The van der Waals surface area contributed by atoms with Crippen LogP contribution in [0.25, 0.3) is 0 Å². The highest BCUT2D eigenvalue weighted by molar-refractivity contribution is 5.93. The van der Waals surface area contributed by atoms with E-state index in [1.165, 1.54) is 6.92 Å². The summed E-state index contributed by atoms with van der Waals surface area (Å²) in [4.78, 5) is 32.9. The molecule has 1 aromatic carbocycles. The lowest BCUT2D eigenvalue weighted by Gasteiger charge is -2.08. The summed E-state index contributed by atoms with van der Waals surface area (Å²) in [5.74, 6) is -0.782. The van der Waals surface area contributed by atoms with Crippen molar-refractivity contribution in [3.63, 3.8) is 0 Å². The molecule has 0 bridgehead atoms. The molecule has 1 amide bonds. The zero-order chi connectivity index (χ0) is 18.5. The molecule has 0 aliphatic carbocycles. The molecule has 138 valence electrons. The first kappa shape index (κ1) is 20.6. The fraction of sp³-hybridized carbons (Fsp3) is 0.500. The molecule has 25 heavy (non-hydrogen) atoms. The number of alkyl carbamates (subject to hydrolysis) is 1. The van der Waals surface area contributed by atoms with Gasteiger partial charge < -0.3 is 19.9 Å². The Morgan fingerprint density at radius 1 is 1.04 bits per heavy atom. The van der Waals surface area contributed by atoms with Crippen molar-refractivity contribution >= 4 is 17.8 Å². The van der Waals surface area contributed by atoms with Gasteiger partial charge in [0.25, 0.3) is 0 Å². The number of ketones is 1. The zero-order valence-electron chi connectivity index (χ0n) is 14.5. The summed E-state index contributed by atoms with van der Waals surface area (Å²) in [6, 6.07) is 7.16. The number of carboxylic acids is 1. The summed E-state index contributed by atoms with van der Waals surface area (Å²) in [6.07, 6.45) is 1.72. The van der Waals surface area contributed by atoms with Gasteiger partial charge in [-0.05, 0) is 25.3 Å². The number of hydrogen-bond acceptors (Lipinski definition) is 5. The van der Waals surface area contributed by atoms with E-state index in [2.05, 4.69) is 5.32 Å². The van der Waals surface area contributed by atoms with E-state index in [1.54, 1.807) is 12.1 Å². The van der Waals surface area contributed by atoms with Crippen molar-refractivity contribution in [2.24, 2.45) is 0 Å². The van der Waals surface area contributed by atoms with Crippen LogP contribution in [0.15, 0.2) is 24.3 Å². The van der Waals surface area contributed by atoms with Gasteiger partial charge >= 0.3 is 12.1 Å². The molecular formula is C18H25NO6. The first-order valence-electron chi connectivity index (χ1n) is 8.29. The lowest BCUT2D eigenvalue weighted by molar-refractivity contribution is -0.137. The number of benzene rings is 1. The highest BCUT2D eigenvalue weighted by Gasteiger charge is 2.02. The van der Waals surface area contributed by atoms with Crippen LogP contribution in [-0.2, 0) is 20.9 Å². The van der Waals surface area contributed by atoms with Gasteiger partial charge in [-0.3, -0.25) is 9.59 Å². The Bertz CT molecular complexity index is 555. The molecule has 0 fully saturated rings. The fourth-order valence-electron chi connectivity index (χ4n) is 2.04. The van der Waals surface area contributed by atoms with Gasteiger partial charge in [0.2, 0.25) is 0 Å². The molecule has 1 rings (SSSR count). The second kappa shape index (κ2) is 12.0. The summed E-state index contributed by atoms with van der Waals surface area (Å²) in [5, 5.41) is 11.1. The number of rotatable bonds is 12. The first-order chi connectivity index (χ1) is 12.0. The average Bonchev–Trinajstić information content (AvgIpc) is 2.57.